The van der Waals surface area contributed by atoms with Gasteiger partial charge < -0.3 is 14.2 Å². The first-order valence-electron chi connectivity index (χ1n) is 36.7. The Kier molecular flexibility index (Phi) is 68.0. The normalized spacial score (nSPS) is 12.0. The molecule has 1 unspecified atom stereocenters. The van der Waals surface area contributed by atoms with Crippen LogP contribution in [0, 0.1) is 0 Å². The first kappa shape index (κ1) is 78.1. The second kappa shape index (κ2) is 69.6. The van der Waals surface area contributed by atoms with Crippen LogP contribution in [0.4, 0.5) is 0 Å². The Balaban J connectivity index is 4.09. The summed E-state index contributed by atoms with van der Waals surface area (Å²) in [5, 5.41) is 0. The van der Waals surface area contributed by atoms with Crippen molar-refractivity contribution >= 4 is 17.9 Å². The second-order valence-corrected chi connectivity index (χ2v) is 25.2. The average Bonchev–Trinajstić information content (AvgIpc) is 3.46. The van der Waals surface area contributed by atoms with Crippen molar-refractivity contribution in [1.29, 1.82) is 0 Å². The number of ether oxygens (including phenoxy) is 3. The van der Waals surface area contributed by atoms with Gasteiger partial charge in [0.25, 0.3) is 0 Å². The molecule has 0 aliphatic carbocycles. The molecule has 0 saturated carbocycles. The molecule has 6 nitrogen and oxygen atoms in total. The molecule has 474 valence electrons. The maximum Gasteiger partial charge on any atom is 0.306 e. The minimum atomic E-state index is -0.769. The highest BCUT2D eigenvalue weighted by molar-refractivity contribution is 5.71. The number of hydrogen-bond donors (Lipinski definition) is 0. The Bertz CT molecular complexity index is 1250. The van der Waals surface area contributed by atoms with Gasteiger partial charge in [-0.3, -0.25) is 14.4 Å². The third-order valence-electron chi connectivity index (χ3n) is 17.0. The van der Waals surface area contributed by atoms with Crippen LogP contribution < -0.4 is 0 Å². The van der Waals surface area contributed by atoms with Gasteiger partial charge in [0.2, 0.25) is 0 Å². The van der Waals surface area contributed by atoms with Gasteiger partial charge in [0.15, 0.2) is 6.10 Å². The molecule has 80 heavy (non-hydrogen) atoms. The number of allylic oxidation sites excluding steroid dienone is 2. The van der Waals surface area contributed by atoms with Gasteiger partial charge in [-0.25, -0.2) is 0 Å². The molecular weight excluding hydrogens is 985 g/mol. The third kappa shape index (κ3) is 66.9. The largest absolute Gasteiger partial charge is 0.462 e. The monoisotopic (exact) mass is 1130 g/mol. The Hall–Kier alpha value is -1.85. The second-order valence-electron chi connectivity index (χ2n) is 25.2. The quantitative estimate of drug-likeness (QED) is 0.0261. The summed E-state index contributed by atoms with van der Waals surface area (Å²) in [6, 6.07) is 0. The minimum absolute atomic E-state index is 0.0657. The Morgan fingerprint density at radius 1 is 0.237 bits per heavy atom. The Morgan fingerprint density at radius 2 is 0.412 bits per heavy atom. The zero-order chi connectivity index (χ0) is 57.8. The maximum atomic E-state index is 12.9. The van der Waals surface area contributed by atoms with E-state index in [-0.39, 0.29) is 31.1 Å². The van der Waals surface area contributed by atoms with E-state index in [1.54, 1.807) is 0 Å². The molecule has 0 aromatic heterocycles. The Labute approximate surface area is 501 Å². The Morgan fingerprint density at radius 3 is 0.625 bits per heavy atom. The van der Waals surface area contributed by atoms with Gasteiger partial charge in [-0.2, -0.15) is 0 Å². The molecule has 1 atom stereocenters. The van der Waals surface area contributed by atoms with Crippen molar-refractivity contribution in [2.45, 2.75) is 431 Å². The molecule has 0 aromatic rings. The summed E-state index contributed by atoms with van der Waals surface area (Å²) >= 11 is 0. The zero-order valence-electron chi connectivity index (χ0n) is 54.6. The lowest BCUT2D eigenvalue weighted by Crippen LogP contribution is -2.30. The van der Waals surface area contributed by atoms with Gasteiger partial charge in [0.05, 0.1) is 0 Å². The summed E-state index contributed by atoms with van der Waals surface area (Å²) in [6.07, 6.45) is 84.1. The van der Waals surface area contributed by atoms with Crippen molar-refractivity contribution in [1.82, 2.24) is 0 Å². The van der Waals surface area contributed by atoms with Crippen LogP contribution >= 0.6 is 0 Å². The van der Waals surface area contributed by atoms with E-state index < -0.39 is 6.10 Å². The summed E-state index contributed by atoms with van der Waals surface area (Å²) < 4.78 is 17.0. The fraction of sp³-hybridized carbons (Fsp3) is 0.932. The molecule has 0 heterocycles. The van der Waals surface area contributed by atoms with Gasteiger partial charge in [-0.1, -0.05) is 373 Å². The van der Waals surface area contributed by atoms with Crippen LogP contribution in [0.5, 0.6) is 0 Å². The highest BCUT2D eigenvalue weighted by atomic mass is 16.6. The first-order valence-corrected chi connectivity index (χ1v) is 36.7. The first-order chi connectivity index (χ1) is 39.5. The predicted octanol–water partition coefficient (Wildman–Crippen LogP) is 25.2. The molecule has 0 aliphatic heterocycles. The molecular formula is C74H142O6. The summed E-state index contributed by atoms with van der Waals surface area (Å²) in [4.78, 5) is 38.4. The fourth-order valence-electron chi connectivity index (χ4n) is 11.5. The number of carbonyl (C=O) groups is 3. The van der Waals surface area contributed by atoms with E-state index in [0.29, 0.717) is 19.3 Å². The highest BCUT2D eigenvalue weighted by Gasteiger charge is 2.20. The van der Waals surface area contributed by atoms with Crippen molar-refractivity contribution < 1.29 is 28.6 Å². The molecule has 0 spiro atoms. The molecule has 0 rings (SSSR count). The van der Waals surface area contributed by atoms with E-state index >= 15 is 0 Å². The summed E-state index contributed by atoms with van der Waals surface area (Å²) in [5.41, 5.74) is 0. The zero-order valence-corrected chi connectivity index (χ0v) is 54.6. The summed E-state index contributed by atoms with van der Waals surface area (Å²) in [6.45, 7) is 6.71. The van der Waals surface area contributed by atoms with E-state index in [2.05, 4.69) is 32.9 Å². The van der Waals surface area contributed by atoms with E-state index in [0.717, 1.165) is 64.2 Å². The van der Waals surface area contributed by atoms with Crippen molar-refractivity contribution in [2.75, 3.05) is 13.2 Å². The van der Waals surface area contributed by atoms with E-state index in [1.807, 2.05) is 0 Å². The van der Waals surface area contributed by atoms with Gasteiger partial charge in [0.1, 0.15) is 13.2 Å². The average molecular weight is 1130 g/mol. The summed E-state index contributed by atoms with van der Waals surface area (Å²) in [5.74, 6) is -0.840. The maximum absolute atomic E-state index is 12.9. The number of unbranched alkanes of at least 4 members (excludes halogenated alkanes) is 56. The van der Waals surface area contributed by atoms with Crippen molar-refractivity contribution in [2.24, 2.45) is 0 Å². The molecule has 0 aliphatic rings. The number of rotatable bonds is 69. The third-order valence-corrected chi connectivity index (χ3v) is 17.0. The van der Waals surface area contributed by atoms with Crippen LogP contribution in [0.1, 0.15) is 425 Å². The molecule has 0 radical (unpaired) electrons. The van der Waals surface area contributed by atoms with Gasteiger partial charge >= 0.3 is 17.9 Å². The molecule has 0 bridgehead atoms. The number of esters is 3. The highest BCUT2D eigenvalue weighted by Crippen LogP contribution is 2.19. The van der Waals surface area contributed by atoms with Crippen LogP contribution in [-0.2, 0) is 28.6 Å². The van der Waals surface area contributed by atoms with Crippen LogP contribution in [0.3, 0.4) is 0 Å². The predicted molar refractivity (Wildman–Crippen MR) is 349 cm³/mol. The number of carbonyl (C=O) groups excluding carboxylic acids is 3. The lowest BCUT2D eigenvalue weighted by molar-refractivity contribution is -0.167. The minimum Gasteiger partial charge on any atom is -0.462 e. The van der Waals surface area contributed by atoms with Crippen LogP contribution in [0.25, 0.3) is 0 Å². The van der Waals surface area contributed by atoms with Crippen LogP contribution in [0.15, 0.2) is 12.2 Å². The fourth-order valence-corrected chi connectivity index (χ4v) is 11.5. The lowest BCUT2D eigenvalue weighted by Gasteiger charge is -2.18. The van der Waals surface area contributed by atoms with Gasteiger partial charge in [-0.15, -0.1) is 0 Å². The topological polar surface area (TPSA) is 78.9 Å². The molecule has 0 aromatic carbocycles. The van der Waals surface area contributed by atoms with Crippen molar-refractivity contribution in [3.8, 4) is 0 Å². The van der Waals surface area contributed by atoms with Crippen LogP contribution in [0.2, 0.25) is 0 Å². The molecule has 0 fully saturated rings. The van der Waals surface area contributed by atoms with Crippen molar-refractivity contribution in [3.63, 3.8) is 0 Å². The van der Waals surface area contributed by atoms with Gasteiger partial charge in [0, 0.05) is 19.3 Å². The molecule has 0 saturated heterocycles. The van der Waals surface area contributed by atoms with E-state index in [1.165, 1.54) is 321 Å². The smallest absolute Gasteiger partial charge is 0.306 e. The number of hydrogen-bond acceptors (Lipinski definition) is 6. The molecule has 0 N–H and O–H groups in total. The molecule has 6 heteroatoms. The van der Waals surface area contributed by atoms with Crippen molar-refractivity contribution in [3.05, 3.63) is 12.2 Å². The standard InChI is InChI=1S/C74H142O6/c1-4-7-10-13-16-19-22-25-28-30-31-32-33-34-35-36-37-38-39-40-41-42-43-44-45-47-49-52-55-58-61-64-67-73(76)79-70-71(69-78-72(75)66-63-60-57-54-51-48-27-24-21-18-15-12-9-6-3)80-74(77)68-65-62-59-56-53-50-46-29-26-23-20-17-14-11-8-5-2/h24,27,71H,4-23,25-26,28-70H2,1-3H3/b27-24-. The SMILES string of the molecule is CCCCCCC/C=C\CCCCCCCC(=O)OCC(COC(=O)CCCCCCCCCCCCCCCCCCCCCCCCCCCCCCCCCC)OC(=O)CCCCCCCCCCCCCCCCCC. The van der Waals surface area contributed by atoms with Crippen LogP contribution in [-0.4, -0.2) is 37.2 Å². The lowest BCUT2D eigenvalue weighted by atomic mass is 10.0. The van der Waals surface area contributed by atoms with Gasteiger partial charge in [-0.05, 0) is 44.9 Å². The van der Waals surface area contributed by atoms with E-state index in [9.17, 15) is 14.4 Å². The molecule has 0 amide bonds. The van der Waals surface area contributed by atoms with E-state index in [4.69, 9.17) is 14.2 Å². The summed E-state index contributed by atoms with van der Waals surface area (Å²) in [7, 11) is 0.